The zero-order chi connectivity index (χ0) is 13.1. The third kappa shape index (κ3) is 2.82. The van der Waals surface area contributed by atoms with E-state index in [4.69, 9.17) is 4.98 Å². The normalized spacial score (nSPS) is 24.5. The Morgan fingerprint density at radius 2 is 2.16 bits per heavy atom. The fourth-order valence-electron chi connectivity index (χ4n) is 3.07. The number of thiazole rings is 1. The molecular weight excluding hydrogens is 252 g/mol. The van der Waals surface area contributed by atoms with E-state index in [2.05, 4.69) is 36.5 Å². The molecule has 0 aliphatic carbocycles. The van der Waals surface area contributed by atoms with Gasteiger partial charge in [-0.05, 0) is 37.9 Å². The van der Waals surface area contributed by atoms with Crippen molar-refractivity contribution < 1.29 is 0 Å². The van der Waals surface area contributed by atoms with Crippen LogP contribution < -0.4 is 5.32 Å². The highest BCUT2D eigenvalue weighted by Crippen LogP contribution is 2.30. The molecule has 19 heavy (non-hydrogen) atoms. The number of benzene rings is 1. The summed E-state index contributed by atoms with van der Waals surface area (Å²) in [6.45, 7) is 3.48. The molecule has 0 bridgehead atoms. The van der Waals surface area contributed by atoms with Gasteiger partial charge in [-0.15, -0.1) is 11.3 Å². The Morgan fingerprint density at radius 1 is 1.26 bits per heavy atom. The van der Waals surface area contributed by atoms with E-state index in [-0.39, 0.29) is 5.54 Å². The highest BCUT2D eigenvalue weighted by molar-refractivity contribution is 7.18. The SMILES string of the molecule is CCC1(Cc2nc3ccccc3s2)CCCCCN1. The summed E-state index contributed by atoms with van der Waals surface area (Å²) in [5, 5.41) is 5.09. The molecule has 1 atom stereocenters. The van der Waals surface area contributed by atoms with Crippen molar-refractivity contribution in [3.63, 3.8) is 0 Å². The fraction of sp³-hybridized carbons (Fsp3) is 0.562. The van der Waals surface area contributed by atoms with E-state index in [1.165, 1.54) is 48.4 Å². The molecule has 3 rings (SSSR count). The maximum atomic E-state index is 4.81. The molecule has 102 valence electrons. The molecule has 2 nitrogen and oxygen atoms in total. The van der Waals surface area contributed by atoms with E-state index >= 15 is 0 Å². The standard InChI is InChI=1S/C16H22N2S/c1-2-16(10-6-3-7-11-17-16)12-15-18-13-8-4-5-9-14(13)19-15/h4-5,8-9,17H,2-3,6-7,10-12H2,1H3. The average Bonchev–Trinajstić information content (AvgIpc) is 2.69. The predicted octanol–water partition coefficient (Wildman–Crippen LogP) is 4.15. The maximum Gasteiger partial charge on any atom is 0.0956 e. The van der Waals surface area contributed by atoms with Crippen molar-refractivity contribution in [2.75, 3.05) is 6.54 Å². The van der Waals surface area contributed by atoms with Gasteiger partial charge in [0.05, 0.1) is 15.2 Å². The first-order valence-corrected chi connectivity index (χ1v) is 8.22. The van der Waals surface area contributed by atoms with E-state index in [0.29, 0.717) is 0 Å². The lowest BCUT2D eigenvalue weighted by Gasteiger charge is -2.32. The van der Waals surface area contributed by atoms with E-state index in [1.807, 2.05) is 11.3 Å². The van der Waals surface area contributed by atoms with Gasteiger partial charge in [-0.3, -0.25) is 0 Å². The van der Waals surface area contributed by atoms with Crippen molar-refractivity contribution in [3.8, 4) is 0 Å². The number of fused-ring (bicyclic) bond motifs is 1. The lowest BCUT2D eigenvalue weighted by atomic mass is 9.87. The molecule has 1 saturated heterocycles. The van der Waals surface area contributed by atoms with Crippen LogP contribution in [0, 0.1) is 0 Å². The van der Waals surface area contributed by atoms with Crippen LogP contribution in [0.15, 0.2) is 24.3 Å². The first-order valence-electron chi connectivity index (χ1n) is 7.41. The molecule has 0 saturated carbocycles. The van der Waals surface area contributed by atoms with Gasteiger partial charge in [-0.25, -0.2) is 4.98 Å². The molecule has 1 N–H and O–H groups in total. The van der Waals surface area contributed by atoms with Crippen molar-refractivity contribution in [2.24, 2.45) is 0 Å². The molecular formula is C16H22N2S. The minimum atomic E-state index is 0.282. The molecule has 2 aromatic rings. The Hall–Kier alpha value is -0.930. The Bertz CT molecular complexity index is 505. The Morgan fingerprint density at radius 3 is 3.00 bits per heavy atom. The van der Waals surface area contributed by atoms with E-state index in [0.717, 1.165) is 11.9 Å². The molecule has 0 spiro atoms. The number of para-hydroxylation sites is 1. The van der Waals surface area contributed by atoms with Gasteiger partial charge >= 0.3 is 0 Å². The molecule has 2 heterocycles. The maximum absolute atomic E-state index is 4.81. The zero-order valence-corrected chi connectivity index (χ0v) is 12.4. The van der Waals surface area contributed by atoms with Crippen LogP contribution in [-0.2, 0) is 6.42 Å². The van der Waals surface area contributed by atoms with Gasteiger partial charge in [0.1, 0.15) is 0 Å². The highest BCUT2D eigenvalue weighted by atomic mass is 32.1. The molecule has 0 radical (unpaired) electrons. The van der Waals surface area contributed by atoms with E-state index in [1.54, 1.807) is 0 Å². The summed E-state index contributed by atoms with van der Waals surface area (Å²) in [4.78, 5) is 4.81. The molecule has 3 heteroatoms. The van der Waals surface area contributed by atoms with Crippen LogP contribution in [0.4, 0.5) is 0 Å². The van der Waals surface area contributed by atoms with Gasteiger partial charge in [0, 0.05) is 12.0 Å². The van der Waals surface area contributed by atoms with Crippen LogP contribution in [0.5, 0.6) is 0 Å². The molecule has 0 amide bonds. The zero-order valence-electron chi connectivity index (χ0n) is 11.6. The summed E-state index contributed by atoms with van der Waals surface area (Å²) in [6, 6.07) is 8.47. The lowest BCUT2D eigenvalue weighted by molar-refractivity contribution is 0.302. The number of hydrogen-bond donors (Lipinski definition) is 1. The van der Waals surface area contributed by atoms with Crippen molar-refractivity contribution in [3.05, 3.63) is 29.3 Å². The molecule has 1 fully saturated rings. The summed E-state index contributed by atoms with van der Waals surface area (Å²) in [6.07, 6.45) is 7.62. The first kappa shape index (κ1) is 13.1. The van der Waals surface area contributed by atoms with Crippen LogP contribution in [0.2, 0.25) is 0 Å². The molecule has 1 aromatic carbocycles. The highest BCUT2D eigenvalue weighted by Gasteiger charge is 2.30. The smallest absolute Gasteiger partial charge is 0.0956 e. The number of hydrogen-bond acceptors (Lipinski definition) is 3. The second kappa shape index (κ2) is 5.59. The van der Waals surface area contributed by atoms with Gasteiger partial charge in [0.25, 0.3) is 0 Å². The minimum Gasteiger partial charge on any atom is -0.311 e. The minimum absolute atomic E-state index is 0.282. The molecule has 1 aliphatic heterocycles. The molecule has 1 aliphatic rings. The van der Waals surface area contributed by atoms with Crippen molar-refractivity contribution in [1.82, 2.24) is 10.3 Å². The van der Waals surface area contributed by atoms with Crippen LogP contribution in [0.25, 0.3) is 10.2 Å². The third-order valence-electron chi connectivity index (χ3n) is 4.34. The number of aromatic nitrogens is 1. The quantitative estimate of drug-likeness (QED) is 0.909. The third-order valence-corrected chi connectivity index (χ3v) is 5.37. The van der Waals surface area contributed by atoms with E-state index in [9.17, 15) is 0 Å². The van der Waals surface area contributed by atoms with Crippen LogP contribution >= 0.6 is 11.3 Å². The number of rotatable bonds is 3. The van der Waals surface area contributed by atoms with Gasteiger partial charge in [0.15, 0.2) is 0 Å². The fourth-order valence-corrected chi connectivity index (χ4v) is 4.18. The van der Waals surface area contributed by atoms with Gasteiger partial charge in [-0.1, -0.05) is 31.9 Å². The largest absolute Gasteiger partial charge is 0.311 e. The number of nitrogens with zero attached hydrogens (tertiary/aromatic N) is 1. The van der Waals surface area contributed by atoms with Crippen LogP contribution in [-0.4, -0.2) is 17.1 Å². The Labute approximate surface area is 119 Å². The summed E-state index contributed by atoms with van der Waals surface area (Å²) < 4.78 is 1.32. The van der Waals surface area contributed by atoms with Crippen LogP contribution in [0.1, 0.15) is 44.0 Å². The molecule has 1 aromatic heterocycles. The Balaban J connectivity index is 1.84. The van der Waals surface area contributed by atoms with Gasteiger partial charge < -0.3 is 5.32 Å². The topological polar surface area (TPSA) is 24.9 Å². The summed E-state index contributed by atoms with van der Waals surface area (Å²) in [5.74, 6) is 0. The van der Waals surface area contributed by atoms with Gasteiger partial charge in [0.2, 0.25) is 0 Å². The van der Waals surface area contributed by atoms with Crippen LogP contribution in [0.3, 0.4) is 0 Å². The second-order valence-electron chi connectivity index (χ2n) is 5.62. The summed E-state index contributed by atoms with van der Waals surface area (Å²) in [7, 11) is 0. The monoisotopic (exact) mass is 274 g/mol. The molecule has 1 unspecified atom stereocenters. The average molecular weight is 274 g/mol. The van der Waals surface area contributed by atoms with Gasteiger partial charge in [-0.2, -0.15) is 0 Å². The van der Waals surface area contributed by atoms with Crippen molar-refractivity contribution in [2.45, 2.75) is 51.0 Å². The Kier molecular flexibility index (Phi) is 3.85. The first-order chi connectivity index (χ1) is 9.31. The lowest BCUT2D eigenvalue weighted by Crippen LogP contribution is -2.46. The predicted molar refractivity (Wildman–Crippen MR) is 82.8 cm³/mol. The summed E-state index contributed by atoms with van der Waals surface area (Å²) >= 11 is 1.86. The van der Waals surface area contributed by atoms with E-state index < -0.39 is 0 Å². The summed E-state index contributed by atoms with van der Waals surface area (Å²) in [5.41, 5.74) is 1.44. The van der Waals surface area contributed by atoms with Crippen molar-refractivity contribution in [1.29, 1.82) is 0 Å². The number of nitrogens with one attached hydrogen (secondary N) is 1. The second-order valence-corrected chi connectivity index (χ2v) is 6.74. The van der Waals surface area contributed by atoms with Crippen molar-refractivity contribution >= 4 is 21.6 Å².